The summed E-state index contributed by atoms with van der Waals surface area (Å²) in [6.07, 6.45) is 0. The Kier molecular flexibility index (Phi) is 8.46. The van der Waals surface area contributed by atoms with Crippen LogP contribution in [0.1, 0.15) is 0 Å². The SMILES string of the molecule is c1ccc(N(c2ccccc2)c2ccc(-c3ccc4c(c3)oc3c5oc6cc(-c7ccc(N(c8ccccc8)c8ccccc8)cc7)ccc6c5c5ccccc5c43)cc2)cc1. The minimum Gasteiger partial charge on any atom is -0.452 e. The first-order valence-corrected chi connectivity index (χ1v) is 21.0. The Hall–Kier alpha value is -8.34. The highest BCUT2D eigenvalue weighted by Crippen LogP contribution is 2.46. The van der Waals surface area contributed by atoms with Crippen LogP contribution in [0.4, 0.5) is 34.1 Å². The van der Waals surface area contributed by atoms with Gasteiger partial charge in [-0.05, 0) is 130 Å². The fraction of sp³-hybridized carbons (Fsp3) is 0. The van der Waals surface area contributed by atoms with Crippen molar-refractivity contribution in [3.8, 4) is 22.3 Å². The Balaban J connectivity index is 0.928. The summed E-state index contributed by atoms with van der Waals surface area (Å²) in [4.78, 5) is 4.56. The molecule has 4 heteroatoms. The second kappa shape index (κ2) is 14.7. The number of hydrogen-bond acceptors (Lipinski definition) is 4. The van der Waals surface area contributed by atoms with E-state index in [0.29, 0.717) is 0 Å². The van der Waals surface area contributed by atoms with Gasteiger partial charge in [0.2, 0.25) is 0 Å². The van der Waals surface area contributed by atoms with E-state index in [9.17, 15) is 0 Å². The number of para-hydroxylation sites is 4. The van der Waals surface area contributed by atoms with E-state index >= 15 is 0 Å². The van der Waals surface area contributed by atoms with Crippen molar-refractivity contribution in [2.75, 3.05) is 9.80 Å². The predicted octanol–water partition coefficient (Wildman–Crippen LogP) is 16.9. The van der Waals surface area contributed by atoms with Crippen molar-refractivity contribution in [2.45, 2.75) is 0 Å². The van der Waals surface area contributed by atoms with Gasteiger partial charge in [-0.25, -0.2) is 0 Å². The predicted molar refractivity (Wildman–Crippen MR) is 259 cm³/mol. The second-order valence-electron chi connectivity index (χ2n) is 15.7. The maximum absolute atomic E-state index is 6.86. The van der Waals surface area contributed by atoms with Crippen LogP contribution < -0.4 is 9.80 Å². The quantitative estimate of drug-likeness (QED) is 0.153. The van der Waals surface area contributed by atoms with Gasteiger partial charge in [-0.3, -0.25) is 0 Å². The first kappa shape index (κ1) is 35.6. The summed E-state index contributed by atoms with van der Waals surface area (Å²) < 4.78 is 13.7. The number of hydrogen-bond donors (Lipinski definition) is 0. The Bertz CT molecular complexity index is 3220. The van der Waals surface area contributed by atoms with E-state index in [0.717, 1.165) is 111 Å². The van der Waals surface area contributed by atoms with E-state index in [2.05, 4.69) is 240 Å². The minimum atomic E-state index is 0.770. The lowest BCUT2D eigenvalue weighted by Gasteiger charge is -2.25. The van der Waals surface area contributed by atoms with Crippen molar-refractivity contribution in [3.63, 3.8) is 0 Å². The van der Waals surface area contributed by atoms with Gasteiger partial charge >= 0.3 is 0 Å². The maximum atomic E-state index is 6.86. The van der Waals surface area contributed by atoms with Crippen molar-refractivity contribution in [1.82, 2.24) is 0 Å². The molecule has 0 saturated heterocycles. The zero-order valence-corrected chi connectivity index (χ0v) is 33.7. The summed E-state index contributed by atoms with van der Waals surface area (Å²) in [5.74, 6) is 0. The van der Waals surface area contributed by atoms with Crippen molar-refractivity contribution >= 4 is 88.8 Å². The molecule has 0 radical (unpaired) electrons. The van der Waals surface area contributed by atoms with E-state index in [-0.39, 0.29) is 0 Å². The summed E-state index contributed by atoms with van der Waals surface area (Å²) in [7, 11) is 0. The molecule has 0 atom stereocenters. The second-order valence-corrected chi connectivity index (χ2v) is 15.7. The standard InChI is InChI=1S/C58H38N2O2/c1-5-15-43(16-6-1)59(44-17-7-2-8-18-44)47-31-25-39(26-32-47)41-29-35-51-53(37-41)61-57-55(51)49-23-13-14-24-50(49)56-52-36-30-42(38-54(52)62-58(56)57)40-27-33-48(34-28-40)60(45-19-9-3-10-20-45)46-21-11-4-12-22-46/h1-38H. The van der Waals surface area contributed by atoms with Crippen LogP contribution in [-0.4, -0.2) is 0 Å². The highest BCUT2D eigenvalue weighted by atomic mass is 16.4. The minimum absolute atomic E-state index is 0.770. The van der Waals surface area contributed by atoms with Crippen LogP contribution in [0.5, 0.6) is 0 Å². The fourth-order valence-electron chi connectivity index (χ4n) is 9.13. The summed E-state index contributed by atoms with van der Waals surface area (Å²) in [5, 5.41) is 6.58. The third-order valence-corrected chi connectivity index (χ3v) is 12.0. The molecule has 0 aliphatic rings. The number of nitrogens with zero attached hydrogens (tertiary/aromatic N) is 2. The topological polar surface area (TPSA) is 32.8 Å². The lowest BCUT2D eigenvalue weighted by Crippen LogP contribution is -2.09. The van der Waals surface area contributed by atoms with Crippen LogP contribution >= 0.6 is 0 Å². The normalized spacial score (nSPS) is 11.5. The van der Waals surface area contributed by atoms with Gasteiger partial charge in [0, 0.05) is 55.7 Å². The summed E-state index contributed by atoms with van der Waals surface area (Å²) in [6.45, 7) is 0. The molecule has 0 spiro atoms. The van der Waals surface area contributed by atoms with E-state index in [1.54, 1.807) is 0 Å². The lowest BCUT2D eigenvalue weighted by atomic mass is 9.97. The van der Waals surface area contributed by atoms with Gasteiger partial charge in [0.25, 0.3) is 0 Å². The monoisotopic (exact) mass is 794 g/mol. The van der Waals surface area contributed by atoms with Gasteiger partial charge in [-0.15, -0.1) is 0 Å². The zero-order chi connectivity index (χ0) is 41.0. The van der Waals surface area contributed by atoms with Gasteiger partial charge in [0.15, 0.2) is 11.2 Å². The molecule has 0 aliphatic heterocycles. The van der Waals surface area contributed by atoms with Crippen LogP contribution in [0.2, 0.25) is 0 Å². The van der Waals surface area contributed by atoms with Gasteiger partial charge in [-0.1, -0.05) is 133 Å². The average Bonchev–Trinajstić information content (AvgIpc) is 3.93. The molecule has 0 bridgehead atoms. The number of benzene rings is 10. The van der Waals surface area contributed by atoms with E-state index in [1.807, 2.05) is 0 Å². The number of fused-ring (bicyclic) bond motifs is 10. The van der Waals surface area contributed by atoms with Crippen LogP contribution in [0.3, 0.4) is 0 Å². The van der Waals surface area contributed by atoms with E-state index < -0.39 is 0 Å². The Morgan fingerprint density at radius 1 is 0.242 bits per heavy atom. The summed E-state index contributed by atoms with van der Waals surface area (Å²) in [6, 6.07) is 81.2. The van der Waals surface area contributed by atoms with Gasteiger partial charge in [0.1, 0.15) is 11.2 Å². The molecule has 0 saturated carbocycles. The molecule has 62 heavy (non-hydrogen) atoms. The fourth-order valence-corrected chi connectivity index (χ4v) is 9.13. The van der Waals surface area contributed by atoms with Gasteiger partial charge < -0.3 is 18.6 Å². The number of furan rings is 2. The van der Waals surface area contributed by atoms with Gasteiger partial charge in [0.05, 0.1) is 0 Å². The van der Waals surface area contributed by atoms with E-state index in [4.69, 9.17) is 8.83 Å². The molecule has 0 N–H and O–H groups in total. The zero-order valence-electron chi connectivity index (χ0n) is 33.7. The molecule has 0 amide bonds. The highest BCUT2D eigenvalue weighted by molar-refractivity contribution is 6.33. The van der Waals surface area contributed by atoms with Crippen LogP contribution in [0, 0.1) is 0 Å². The van der Waals surface area contributed by atoms with Crippen molar-refractivity contribution in [3.05, 3.63) is 231 Å². The highest BCUT2D eigenvalue weighted by Gasteiger charge is 2.22. The lowest BCUT2D eigenvalue weighted by molar-refractivity contribution is 0.634. The summed E-state index contributed by atoms with van der Waals surface area (Å²) in [5.41, 5.74) is 14.2. The molecule has 0 aliphatic carbocycles. The molecule has 0 fully saturated rings. The molecule has 292 valence electrons. The molecule has 12 rings (SSSR count). The average molecular weight is 795 g/mol. The molecular formula is C58H38N2O2. The van der Waals surface area contributed by atoms with Crippen LogP contribution in [-0.2, 0) is 0 Å². The van der Waals surface area contributed by atoms with Crippen LogP contribution in [0.15, 0.2) is 239 Å². The summed E-state index contributed by atoms with van der Waals surface area (Å²) >= 11 is 0. The molecule has 4 nitrogen and oxygen atoms in total. The Morgan fingerprint density at radius 2 is 0.532 bits per heavy atom. The Labute approximate surface area is 358 Å². The third kappa shape index (κ3) is 6.00. The third-order valence-electron chi connectivity index (χ3n) is 12.0. The largest absolute Gasteiger partial charge is 0.452 e. The van der Waals surface area contributed by atoms with Gasteiger partial charge in [-0.2, -0.15) is 0 Å². The van der Waals surface area contributed by atoms with Crippen molar-refractivity contribution in [2.24, 2.45) is 0 Å². The maximum Gasteiger partial charge on any atom is 0.179 e. The number of anilines is 6. The molecule has 0 unspecified atom stereocenters. The smallest absolute Gasteiger partial charge is 0.179 e. The van der Waals surface area contributed by atoms with E-state index in [1.165, 1.54) is 0 Å². The first-order chi connectivity index (χ1) is 30.7. The molecular weight excluding hydrogens is 757 g/mol. The molecule has 2 heterocycles. The van der Waals surface area contributed by atoms with Crippen molar-refractivity contribution < 1.29 is 8.83 Å². The van der Waals surface area contributed by atoms with Crippen LogP contribution in [0.25, 0.3) is 76.9 Å². The Morgan fingerprint density at radius 3 is 0.871 bits per heavy atom. The molecule has 2 aromatic heterocycles. The molecule has 12 aromatic rings. The number of rotatable bonds is 8. The molecule has 10 aromatic carbocycles. The van der Waals surface area contributed by atoms with Crippen molar-refractivity contribution in [1.29, 1.82) is 0 Å². The first-order valence-electron chi connectivity index (χ1n) is 21.0.